The summed E-state index contributed by atoms with van der Waals surface area (Å²) in [7, 11) is 0. The number of hydrogen-bond donors (Lipinski definition) is 1. The lowest BCUT2D eigenvalue weighted by Gasteiger charge is -2.37. The first-order valence-electron chi connectivity index (χ1n) is 9.09. The smallest absolute Gasteiger partial charge is 0.321 e. The quantitative estimate of drug-likeness (QED) is 0.805. The molecule has 3 heterocycles. The highest BCUT2D eigenvalue weighted by molar-refractivity contribution is 9.10. The standard InChI is InChI=1S/C19H23BrN4O2/c1-13-12-26-10-9-23(13)19(25)24-8-2-3-17(24)18-21-11-16(22-18)14-4-6-15(20)7-5-14/h4-7,11,13,17H,2-3,8-10,12H2,1H3,(H,21,22)/t13-,17+/m1/s1. The first-order chi connectivity index (χ1) is 12.6. The number of aromatic amines is 1. The molecule has 4 rings (SSSR count). The van der Waals surface area contributed by atoms with Gasteiger partial charge in [0.25, 0.3) is 0 Å². The van der Waals surface area contributed by atoms with Crippen LogP contribution in [0.15, 0.2) is 34.9 Å². The summed E-state index contributed by atoms with van der Waals surface area (Å²) in [5.41, 5.74) is 2.07. The summed E-state index contributed by atoms with van der Waals surface area (Å²) in [5, 5.41) is 0. The Kier molecular flexibility index (Phi) is 5.00. The SMILES string of the molecule is C[C@@H]1COCCN1C(=O)N1CCC[C@H]1c1ncc(-c2ccc(Br)cc2)[nH]1. The Labute approximate surface area is 161 Å². The van der Waals surface area contributed by atoms with E-state index in [0.717, 1.165) is 40.9 Å². The maximum Gasteiger partial charge on any atom is 0.321 e. The van der Waals surface area contributed by atoms with Crippen LogP contribution in [0.1, 0.15) is 31.6 Å². The van der Waals surface area contributed by atoms with Gasteiger partial charge in [0, 0.05) is 17.6 Å². The van der Waals surface area contributed by atoms with Gasteiger partial charge in [-0.05, 0) is 37.5 Å². The molecule has 1 aromatic heterocycles. The van der Waals surface area contributed by atoms with Crippen LogP contribution in [0.3, 0.4) is 0 Å². The van der Waals surface area contributed by atoms with Crippen molar-refractivity contribution in [3.8, 4) is 11.3 Å². The zero-order chi connectivity index (χ0) is 18.1. The number of benzene rings is 1. The van der Waals surface area contributed by atoms with Gasteiger partial charge in [0.1, 0.15) is 5.82 Å². The minimum absolute atomic E-state index is 0.0155. The van der Waals surface area contributed by atoms with Gasteiger partial charge in [0.05, 0.1) is 37.2 Å². The molecule has 2 atom stereocenters. The second-order valence-electron chi connectivity index (χ2n) is 6.94. The predicted molar refractivity (Wildman–Crippen MR) is 103 cm³/mol. The second-order valence-corrected chi connectivity index (χ2v) is 7.86. The number of halogens is 1. The molecule has 2 aliphatic rings. The number of rotatable bonds is 2. The van der Waals surface area contributed by atoms with E-state index < -0.39 is 0 Å². The van der Waals surface area contributed by atoms with Crippen molar-refractivity contribution in [3.63, 3.8) is 0 Å². The van der Waals surface area contributed by atoms with Crippen molar-refractivity contribution in [3.05, 3.63) is 40.8 Å². The normalized spacial score (nSPS) is 23.5. The Hall–Kier alpha value is -1.86. The van der Waals surface area contributed by atoms with Crippen molar-refractivity contribution in [2.45, 2.75) is 31.8 Å². The molecular weight excluding hydrogens is 396 g/mol. The molecule has 2 aromatic rings. The minimum atomic E-state index is 0.0155. The maximum atomic E-state index is 13.1. The number of imidazole rings is 1. The molecule has 0 unspecified atom stereocenters. The Morgan fingerprint density at radius 3 is 2.85 bits per heavy atom. The van der Waals surface area contributed by atoms with Crippen LogP contribution in [-0.4, -0.2) is 58.1 Å². The van der Waals surface area contributed by atoms with Gasteiger partial charge in [-0.2, -0.15) is 0 Å². The number of hydrogen-bond acceptors (Lipinski definition) is 3. The van der Waals surface area contributed by atoms with Gasteiger partial charge in [-0.25, -0.2) is 9.78 Å². The summed E-state index contributed by atoms with van der Waals surface area (Å²) in [6.07, 6.45) is 3.80. The fraction of sp³-hybridized carbons (Fsp3) is 0.474. The molecule has 0 aliphatic carbocycles. The summed E-state index contributed by atoms with van der Waals surface area (Å²) in [6, 6.07) is 8.37. The summed E-state index contributed by atoms with van der Waals surface area (Å²) < 4.78 is 6.51. The minimum Gasteiger partial charge on any atom is -0.377 e. The largest absolute Gasteiger partial charge is 0.377 e. The average Bonchev–Trinajstić information content (AvgIpc) is 3.31. The second kappa shape index (κ2) is 7.40. The molecule has 0 saturated carbocycles. The molecular formula is C19H23BrN4O2. The van der Waals surface area contributed by atoms with Crippen LogP contribution in [0, 0.1) is 0 Å². The molecule has 7 heteroatoms. The highest BCUT2D eigenvalue weighted by atomic mass is 79.9. The number of amides is 2. The maximum absolute atomic E-state index is 13.1. The molecule has 0 bridgehead atoms. The van der Waals surface area contributed by atoms with Crippen molar-refractivity contribution in [1.29, 1.82) is 0 Å². The molecule has 2 amide bonds. The molecule has 0 radical (unpaired) electrons. The number of likely N-dealkylation sites (tertiary alicyclic amines) is 1. The van der Waals surface area contributed by atoms with E-state index in [2.05, 4.69) is 25.9 Å². The Bertz CT molecular complexity index is 776. The van der Waals surface area contributed by atoms with Gasteiger partial charge in [0.2, 0.25) is 0 Å². The number of H-pyrrole nitrogens is 1. The van der Waals surface area contributed by atoms with Crippen LogP contribution < -0.4 is 0 Å². The van der Waals surface area contributed by atoms with Crippen LogP contribution in [0.5, 0.6) is 0 Å². The fourth-order valence-corrected chi connectivity index (χ4v) is 4.00. The van der Waals surface area contributed by atoms with Crippen LogP contribution in [0.25, 0.3) is 11.3 Å². The van der Waals surface area contributed by atoms with E-state index in [1.807, 2.05) is 47.2 Å². The number of morpholine rings is 1. The van der Waals surface area contributed by atoms with Crippen molar-refractivity contribution in [2.75, 3.05) is 26.3 Å². The molecule has 2 fully saturated rings. The molecule has 1 N–H and O–H groups in total. The molecule has 0 spiro atoms. The first kappa shape index (κ1) is 17.5. The zero-order valence-electron chi connectivity index (χ0n) is 14.8. The van der Waals surface area contributed by atoms with E-state index in [-0.39, 0.29) is 18.1 Å². The highest BCUT2D eigenvalue weighted by Gasteiger charge is 2.36. The molecule has 138 valence electrons. The van der Waals surface area contributed by atoms with Crippen LogP contribution in [-0.2, 0) is 4.74 Å². The summed E-state index contributed by atoms with van der Waals surface area (Å²) in [4.78, 5) is 25.0. The summed E-state index contributed by atoms with van der Waals surface area (Å²) in [6.45, 7) is 4.70. The monoisotopic (exact) mass is 418 g/mol. The zero-order valence-corrected chi connectivity index (χ0v) is 16.4. The average molecular weight is 419 g/mol. The first-order valence-corrected chi connectivity index (χ1v) is 9.88. The Morgan fingerprint density at radius 1 is 1.27 bits per heavy atom. The highest BCUT2D eigenvalue weighted by Crippen LogP contribution is 2.33. The molecule has 1 aromatic carbocycles. The third-order valence-corrected chi connectivity index (χ3v) is 5.71. The van der Waals surface area contributed by atoms with Gasteiger partial charge >= 0.3 is 6.03 Å². The number of carbonyl (C=O) groups excluding carboxylic acids is 1. The van der Waals surface area contributed by atoms with E-state index in [9.17, 15) is 4.79 Å². The van der Waals surface area contributed by atoms with Crippen LogP contribution in [0.2, 0.25) is 0 Å². The van der Waals surface area contributed by atoms with Crippen molar-refractivity contribution >= 4 is 22.0 Å². The number of carbonyl (C=O) groups is 1. The number of aromatic nitrogens is 2. The van der Waals surface area contributed by atoms with E-state index >= 15 is 0 Å². The third kappa shape index (κ3) is 3.38. The van der Waals surface area contributed by atoms with Crippen molar-refractivity contribution in [1.82, 2.24) is 19.8 Å². The Morgan fingerprint density at radius 2 is 2.08 bits per heavy atom. The van der Waals surface area contributed by atoms with Gasteiger partial charge in [-0.15, -0.1) is 0 Å². The van der Waals surface area contributed by atoms with Crippen LogP contribution in [0.4, 0.5) is 4.79 Å². The lowest BCUT2D eigenvalue weighted by molar-refractivity contribution is 0.00917. The molecule has 2 saturated heterocycles. The van der Waals surface area contributed by atoms with E-state index in [1.165, 1.54) is 0 Å². The fourth-order valence-electron chi connectivity index (χ4n) is 3.74. The Balaban J connectivity index is 1.53. The number of nitrogens with zero attached hydrogens (tertiary/aromatic N) is 3. The van der Waals surface area contributed by atoms with Gasteiger partial charge in [0.15, 0.2) is 0 Å². The molecule has 26 heavy (non-hydrogen) atoms. The number of nitrogens with one attached hydrogen (secondary N) is 1. The lowest BCUT2D eigenvalue weighted by Crippen LogP contribution is -2.52. The number of urea groups is 1. The van der Waals surface area contributed by atoms with Crippen molar-refractivity contribution in [2.24, 2.45) is 0 Å². The molecule has 2 aliphatic heterocycles. The van der Waals surface area contributed by atoms with E-state index in [1.54, 1.807) is 0 Å². The van der Waals surface area contributed by atoms with E-state index in [4.69, 9.17) is 4.74 Å². The number of ether oxygens (including phenoxy) is 1. The predicted octanol–water partition coefficient (Wildman–Crippen LogP) is 3.82. The van der Waals surface area contributed by atoms with Gasteiger partial charge in [-0.3, -0.25) is 0 Å². The lowest BCUT2D eigenvalue weighted by atomic mass is 10.2. The molecule has 6 nitrogen and oxygen atoms in total. The third-order valence-electron chi connectivity index (χ3n) is 5.18. The summed E-state index contributed by atoms with van der Waals surface area (Å²) in [5.74, 6) is 0.870. The van der Waals surface area contributed by atoms with Gasteiger partial charge in [-0.1, -0.05) is 28.1 Å². The van der Waals surface area contributed by atoms with Crippen molar-refractivity contribution < 1.29 is 9.53 Å². The topological polar surface area (TPSA) is 61.5 Å². The summed E-state index contributed by atoms with van der Waals surface area (Å²) >= 11 is 3.46. The van der Waals surface area contributed by atoms with Gasteiger partial charge < -0.3 is 19.5 Å². The van der Waals surface area contributed by atoms with E-state index in [0.29, 0.717) is 19.8 Å². The van der Waals surface area contributed by atoms with Crippen LogP contribution >= 0.6 is 15.9 Å².